The van der Waals surface area contributed by atoms with Gasteiger partial charge in [0, 0.05) is 0 Å². The first-order chi connectivity index (χ1) is 23.6. The molecule has 0 aromatic heterocycles. The van der Waals surface area contributed by atoms with Crippen LogP contribution in [0.5, 0.6) is 0 Å². The van der Waals surface area contributed by atoms with Gasteiger partial charge in [-0.2, -0.15) is 0 Å². The van der Waals surface area contributed by atoms with Gasteiger partial charge in [-0.05, 0) is 0 Å². The van der Waals surface area contributed by atoms with Crippen molar-refractivity contribution in [3.05, 3.63) is 69.8 Å². The van der Waals surface area contributed by atoms with Crippen LogP contribution in [0.3, 0.4) is 0 Å². The molecular weight excluding hydrogens is 643 g/mol. The van der Waals surface area contributed by atoms with Crippen LogP contribution in [0.15, 0.2) is 36.4 Å². The van der Waals surface area contributed by atoms with Crippen LogP contribution in [0.2, 0.25) is 0 Å². The zero-order valence-corrected chi connectivity index (χ0v) is 36.9. The molecule has 0 fully saturated rings. The second-order valence-corrected chi connectivity index (χ2v) is 22.1. The van der Waals surface area contributed by atoms with Crippen molar-refractivity contribution in [3.63, 3.8) is 0 Å². The van der Waals surface area contributed by atoms with Gasteiger partial charge in [-0.15, -0.1) is 0 Å². The van der Waals surface area contributed by atoms with E-state index in [1.54, 1.807) is 0 Å². The fourth-order valence-corrected chi connectivity index (χ4v) is 8.71. The average Bonchev–Trinajstić information content (AvgIpc) is 3.01. The van der Waals surface area contributed by atoms with Crippen LogP contribution in [0.25, 0.3) is 0 Å². The number of benzene rings is 2. The van der Waals surface area contributed by atoms with Crippen LogP contribution >= 0.6 is 7.94 Å². The third-order valence-electron chi connectivity index (χ3n) is 10.7. The molecule has 2 N–H and O–H groups in total. The van der Waals surface area contributed by atoms with Crippen molar-refractivity contribution in [1.29, 1.82) is 0 Å². The molecule has 0 radical (unpaired) electrons. The summed E-state index contributed by atoms with van der Waals surface area (Å²) in [6.07, 6.45) is 20.5. The van der Waals surface area contributed by atoms with E-state index in [1.807, 2.05) is 0 Å². The molecule has 0 aliphatic heterocycles. The average molecular weight is 727 g/mol. The molecule has 0 bridgehead atoms. The van der Waals surface area contributed by atoms with Gasteiger partial charge in [0.15, 0.2) is 0 Å². The molecule has 4 heteroatoms. The summed E-state index contributed by atoms with van der Waals surface area (Å²) in [4.78, 5) is 23.3. The summed E-state index contributed by atoms with van der Waals surface area (Å²) in [6, 6.07) is 13.5. The Labute approximate surface area is 317 Å². The summed E-state index contributed by atoms with van der Waals surface area (Å²) in [5, 5.41) is 0. The molecule has 2 aromatic rings. The van der Waals surface area contributed by atoms with Gasteiger partial charge in [0.25, 0.3) is 0 Å². The molecule has 51 heavy (non-hydrogen) atoms. The second-order valence-electron chi connectivity index (χ2n) is 19.9. The van der Waals surface area contributed by atoms with E-state index in [0.29, 0.717) is 6.16 Å². The Morgan fingerprint density at radius 3 is 1.08 bits per heavy atom. The van der Waals surface area contributed by atoms with E-state index in [0.717, 1.165) is 30.4 Å². The quantitative estimate of drug-likeness (QED) is 0.0995. The zero-order chi connectivity index (χ0) is 38.5. The number of unbranched alkanes of at least 4 members (excludes halogenated alkanes) is 15. The van der Waals surface area contributed by atoms with Gasteiger partial charge in [-0.3, -0.25) is 0 Å². The Morgan fingerprint density at radius 2 is 0.784 bits per heavy atom. The van der Waals surface area contributed by atoms with Crippen molar-refractivity contribution in [1.82, 2.24) is 0 Å². The van der Waals surface area contributed by atoms with E-state index in [4.69, 9.17) is 4.52 Å². The van der Waals surface area contributed by atoms with Gasteiger partial charge in [0.2, 0.25) is 0 Å². The molecule has 2 aromatic carbocycles. The molecule has 3 nitrogen and oxygen atoms in total. The van der Waals surface area contributed by atoms with Gasteiger partial charge in [-0.25, -0.2) is 0 Å². The molecule has 0 atom stereocenters. The third-order valence-corrected chi connectivity index (χ3v) is 12.3. The monoisotopic (exact) mass is 727 g/mol. The van der Waals surface area contributed by atoms with E-state index >= 15 is 0 Å². The van der Waals surface area contributed by atoms with Gasteiger partial charge in [0.05, 0.1) is 0 Å². The van der Waals surface area contributed by atoms with Crippen LogP contribution in [0.1, 0.15) is 232 Å². The first kappa shape index (κ1) is 45.9. The van der Waals surface area contributed by atoms with Gasteiger partial charge >= 0.3 is 280 Å². The van der Waals surface area contributed by atoms with Crippen molar-refractivity contribution < 1.29 is 14.3 Å². The standard InChI is InChI=1S/C47H83O3P/c1-14-15-16-17-18-19-20-21-22-23-24-25-26-27-28-29-34-51(48,49)50-43(39-32-30-37(44(2,3)4)35-41(39)46(8,9)10)40-33-31-38(45(5,6)7)36-42(40)47(11,12)13/h30-33,35-36,43,48-49,51H,14-29,34H2,1-13H3. The van der Waals surface area contributed by atoms with Crippen LogP contribution in [0, 0.1) is 0 Å². The Hall–Kier alpha value is -1.25. The van der Waals surface area contributed by atoms with E-state index in [2.05, 4.69) is 126 Å². The molecule has 0 saturated carbocycles. The number of hydrogen-bond donors (Lipinski definition) is 2. The molecular formula is C47H83O3P. The number of hydrogen-bond acceptors (Lipinski definition) is 3. The minimum absolute atomic E-state index is 0.000481. The molecule has 0 aliphatic carbocycles. The molecule has 0 spiro atoms. The minimum atomic E-state index is -4.00. The molecule has 0 saturated heterocycles. The molecule has 294 valence electrons. The fraction of sp³-hybridized carbons (Fsp3) is 0.745. The molecule has 2 rings (SSSR count). The van der Waals surface area contributed by atoms with Crippen molar-refractivity contribution in [3.8, 4) is 0 Å². The van der Waals surface area contributed by atoms with Crippen LogP contribution < -0.4 is 0 Å². The van der Waals surface area contributed by atoms with Crippen molar-refractivity contribution in [2.75, 3.05) is 6.16 Å². The van der Waals surface area contributed by atoms with Crippen LogP contribution in [0.4, 0.5) is 0 Å². The normalized spacial score (nSPS) is 13.7. The van der Waals surface area contributed by atoms with E-state index < -0.39 is 14.0 Å². The van der Waals surface area contributed by atoms with Crippen LogP contribution in [-0.2, 0) is 26.2 Å². The Bertz CT molecular complexity index is 1210. The predicted octanol–water partition coefficient (Wildman–Crippen LogP) is 14.7. The summed E-state index contributed by atoms with van der Waals surface area (Å²) >= 11 is 0. The summed E-state index contributed by atoms with van der Waals surface area (Å²) in [5.74, 6) is 0. The molecule has 0 aliphatic rings. The number of rotatable bonds is 21. The van der Waals surface area contributed by atoms with Gasteiger partial charge < -0.3 is 0 Å². The summed E-state index contributed by atoms with van der Waals surface area (Å²) in [6.45, 7) is 29.3. The van der Waals surface area contributed by atoms with Crippen molar-refractivity contribution in [2.45, 2.75) is 221 Å². The van der Waals surface area contributed by atoms with E-state index in [9.17, 15) is 9.79 Å². The van der Waals surface area contributed by atoms with E-state index in [1.165, 1.54) is 106 Å². The summed E-state index contributed by atoms with van der Waals surface area (Å²) in [7, 11) is -4.00. The first-order valence-corrected chi connectivity index (χ1v) is 23.0. The van der Waals surface area contributed by atoms with Crippen molar-refractivity contribution >= 4 is 7.94 Å². The maximum atomic E-state index is 11.7. The Morgan fingerprint density at radius 1 is 0.471 bits per heavy atom. The maximum absolute atomic E-state index is 11.7. The van der Waals surface area contributed by atoms with Gasteiger partial charge in [0.1, 0.15) is 0 Å². The Kier molecular flexibility index (Phi) is 18.4. The Balaban J connectivity index is 2.16. The topological polar surface area (TPSA) is 49.7 Å². The first-order valence-electron chi connectivity index (χ1n) is 21.0. The zero-order valence-electron chi connectivity index (χ0n) is 35.9. The molecule has 0 unspecified atom stereocenters. The third kappa shape index (κ3) is 16.3. The predicted molar refractivity (Wildman–Crippen MR) is 228 cm³/mol. The summed E-state index contributed by atoms with van der Waals surface area (Å²) < 4.78 is 6.71. The van der Waals surface area contributed by atoms with Gasteiger partial charge in [-0.1, -0.05) is 39.0 Å². The molecule has 0 heterocycles. The van der Waals surface area contributed by atoms with E-state index in [-0.39, 0.29) is 21.7 Å². The second kappa shape index (κ2) is 20.4. The van der Waals surface area contributed by atoms with Crippen molar-refractivity contribution in [2.24, 2.45) is 0 Å². The SMILES string of the molecule is CCCCCCCCCCCCCCCCCC[PH](O)(O)OC(c1ccc(C(C)(C)C)cc1C(C)(C)C)c1ccc(C(C)(C)C)cc1C(C)(C)C. The molecule has 0 amide bonds. The summed E-state index contributed by atoms with van der Waals surface area (Å²) in [5.41, 5.74) is 6.71. The fourth-order valence-electron chi connectivity index (χ4n) is 7.25. The van der Waals surface area contributed by atoms with Crippen LogP contribution in [-0.4, -0.2) is 15.9 Å².